The zero-order chi connectivity index (χ0) is 15.9. The minimum atomic E-state index is -0.265. The molecule has 0 aromatic heterocycles. The SMILES string of the molecule is Cc1ccc(C)c(CSCC(=O)NCc2ccc(F)cc2)c1. The van der Waals surface area contributed by atoms with E-state index < -0.39 is 0 Å². The number of amides is 1. The second-order valence-electron chi connectivity index (χ2n) is 5.33. The van der Waals surface area contributed by atoms with E-state index in [9.17, 15) is 9.18 Å². The molecule has 1 N–H and O–H groups in total. The average molecular weight is 317 g/mol. The third-order valence-electron chi connectivity index (χ3n) is 3.40. The van der Waals surface area contributed by atoms with Crippen LogP contribution in [-0.2, 0) is 17.1 Å². The molecule has 2 nitrogen and oxygen atoms in total. The van der Waals surface area contributed by atoms with Gasteiger partial charge in [-0.2, -0.15) is 0 Å². The number of thioether (sulfide) groups is 1. The molecule has 0 aliphatic heterocycles. The Bertz CT molecular complexity index is 640. The van der Waals surface area contributed by atoms with Crippen molar-refractivity contribution in [3.63, 3.8) is 0 Å². The van der Waals surface area contributed by atoms with Gasteiger partial charge in [-0.15, -0.1) is 11.8 Å². The fourth-order valence-corrected chi connectivity index (χ4v) is 2.98. The standard InChI is InChI=1S/C18H20FNOS/c1-13-3-4-14(2)16(9-13)11-22-12-18(21)20-10-15-5-7-17(19)8-6-15/h3-9H,10-12H2,1-2H3,(H,20,21). The van der Waals surface area contributed by atoms with Crippen molar-refractivity contribution in [3.05, 3.63) is 70.5 Å². The number of aryl methyl sites for hydroxylation is 2. The summed E-state index contributed by atoms with van der Waals surface area (Å²) >= 11 is 1.60. The zero-order valence-electron chi connectivity index (χ0n) is 12.9. The predicted molar refractivity (Wildman–Crippen MR) is 90.3 cm³/mol. The lowest BCUT2D eigenvalue weighted by atomic mass is 10.1. The minimum Gasteiger partial charge on any atom is -0.351 e. The Morgan fingerprint density at radius 2 is 1.86 bits per heavy atom. The van der Waals surface area contributed by atoms with Crippen LogP contribution in [0.1, 0.15) is 22.3 Å². The molecule has 0 unspecified atom stereocenters. The third kappa shape index (κ3) is 5.19. The second-order valence-corrected chi connectivity index (χ2v) is 6.31. The molecule has 0 fully saturated rings. The van der Waals surface area contributed by atoms with Gasteiger partial charge in [-0.05, 0) is 42.7 Å². The molecule has 116 valence electrons. The molecule has 2 aromatic carbocycles. The molecule has 0 aliphatic rings. The molecule has 0 bridgehead atoms. The van der Waals surface area contributed by atoms with E-state index in [-0.39, 0.29) is 11.7 Å². The molecule has 0 saturated carbocycles. The topological polar surface area (TPSA) is 29.1 Å². The van der Waals surface area contributed by atoms with E-state index >= 15 is 0 Å². The molecule has 4 heteroatoms. The molecule has 0 spiro atoms. The van der Waals surface area contributed by atoms with Gasteiger partial charge in [0.1, 0.15) is 5.82 Å². The molecule has 0 aliphatic carbocycles. The summed E-state index contributed by atoms with van der Waals surface area (Å²) in [5.74, 6) is 0.991. The van der Waals surface area contributed by atoms with Crippen LogP contribution >= 0.6 is 11.8 Å². The summed E-state index contributed by atoms with van der Waals surface area (Å²) in [5.41, 5.74) is 4.66. The van der Waals surface area contributed by atoms with Gasteiger partial charge in [0.15, 0.2) is 0 Å². The van der Waals surface area contributed by atoms with Gasteiger partial charge < -0.3 is 5.32 Å². The molecule has 0 atom stereocenters. The fourth-order valence-electron chi connectivity index (χ4n) is 2.06. The van der Waals surface area contributed by atoms with Crippen molar-refractivity contribution in [2.45, 2.75) is 26.1 Å². The Kier molecular flexibility index (Phi) is 6.01. The number of rotatable bonds is 6. The van der Waals surface area contributed by atoms with Gasteiger partial charge in [0, 0.05) is 12.3 Å². The van der Waals surface area contributed by atoms with Crippen LogP contribution in [-0.4, -0.2) is 11.7 Å². The molecule has 2 rings (SSSR count). The Morgan fingerprint density at radius 3 is 2.59 bits per heavy atom. The largest absolute Gasteiger partial charge is 0.351 e. The number of carbonyl (C=O) groups excluding carboxylic acids is 1. The lowest BCUT2D eigenvalue weighted by Gasteiger charge is -2.08. The van der Waals surface area contributed by atoms with Gasteiger partial charge in [-0.1, -0.05) is 35.9 Å². The van der Waals surface area contributed by atoms with E-state index in [2.05, 4.69) is 37.4 Å². The number of benzene rings is 2. The van der Waals surface area contributed by atoms with E-state index in [1.165, 1.54) is 28.8 Å². The van der Waals surface area contributed by atoms with E-state index in [1.54, 1.807) is 23.9 Å². The first-order valence-electron chi connectivity index (χ1n) is 7.19. The highest BCUT2D eigenvalue weighted by Crippen LogP contribution is 2.17. The van der Waals surface area contributed by atoms with Crippen LogP contribution in [0.4, 0.5) is 4.39 Å². The molecule has 2 aromatic rings. The van der Waals surface area contributed by atoms with Crippen molar-refractivity contribution >= 4 is 17.7 Å². The number of halogens is 1. The molecular weight excluding hydrogens is 297 g/mol. The van der Waals surface area contributed by atoms with Crippen molar-refractivity contribution < 1.29 is 9.18 Å². The van der Waals surface area contributed by atoms with Crippen molar-refractivity contribution in [3.8, 4) is 0 Å². The van der Waals surface area contributed by atoms with Crippen LogP contribution in [0.2, 0.25) is 0 Å². The number of hydrogen-bond donors (Lipinski definition) is 1. The number of nitrogens with one attached hydrogen (secondary N) is 1. The van der Waals surface area contributed by atoms with E-state index in [0.29, 0.717) is 12.3 Å². The first-order valence-corrected chi connectivity index (χ1v) is 8.35. The van der Waals surface area contributed by atoms with Gasteiger partial charge in [0.2, 0.25) is 5.91 Å². The normalized spacial score (nSPS) is 10.5. The van der Waals surface area contributed by atoms with Crippen LogP contribution in [0.25, 0.3) is 0 Å². The highest BCUT2D eigenvalue weighted by atomic mass is 32.2. The van der Waals surface area contributed by atoms with E-state index in [4.69, 9.17) is 0 Å². The maximum absolute atomic E-state index is 12.8. The quantitative estimate of drug-likeness (QED) is 0.873. The first-order chi connectivity index (χ1) is 10.5. The van der Waals surface area contributed by atoms with Crippen molar-refractivity contribution in [2.24, 2.45) is 0 Å². The lowest BCUT2D eigenvalue weighted by Crippen LogP contribution is -2.24. The first kappa shape index (κ1) is 16.6. The summed E-state index contributed by atoms with van der Waals surface area (Å²) in [6.07, 6.45) is 0. The summed E-state index contributed by atoms with van der Waals surface area (Å²) in [4.78, 5) is 11.8. The Morgan fingerprint density at radius 1 is 1.14 bits per heavy atom. The highest BCUT2D eigenvalue weighted by Gasteiger charge is 2.04. The van der Waals surface area contributed by atoms with Gasteiger partial charge >= 0.3 is 0 Å². The van der Waals surface area contributed by atoms with Crippen molar-refractivity contribution in [1.82, 2.24) is 5.32 Å². The Labute approximate surface area is 135 Å². The molecule has 0 heterocycles. The zero-order valence-corrected chi connectivity index (χ0v) is 13.7. The third-order valence-corrected chi connectivity index (χ3v) is 4.38. The van der Waals surface area contributed by atoms with Crippen LogP contribution in [0.15, 0.2) is 42.5 Å². The molecule has 22 heavy (non-hydrogen) atoms. The minimum absolute atomic E-state index is 0.000342. The number of hydrogen-bond acceptors (Lipinski definition) is 2. The maximum Gasteiger partial charge on any atom is 0.230 e. The molecule has 1 amide bonds. The summed E-state index contributed by atoms with van der Waals surface area (Å²) in [5, 5.41) is 2.85. The van der Waals surface area contributed by atoms with Crippen LogP contribution < -0.4 is 5.32 Å². The Hall–Kier alpha value is -1.81. The van der Waals surface area contributed by atoms with Gasteiger partial charge in [-0.3, -0.25) is 4.79 Å². The van der Waals surface area contributed by atoms with Gasteiger partial charge in [0.25, 0.3) is 0 Å². The summed E-state index contributed by atoms with van der Waals surface area (Å²) in [6, 6.07) is 12.5. The predicted octanol–water partition coefficient (Wildman–Crippen LogP) is 3.99. The van der Waals surface area contributed by atoms with E-state index in [0.717, 1.165) is 11.3 Å². The average Bonchev–Trinajstić information content (AvgIpc) is 2.50. The lowest BCUT2D eigenvalue weighted by molar-refractivity contribution is -0.118. The van der Waals surface area contributed by atoms with Crippen molar-refractivity contribution in [2.75, 3.05) is 5.75 Å². The molecule has 0 saturated heterocycles. The second kappa shape index (κ2) is 7.99. The Balaban J connectivity index is 1.73. The van der Waals surface area contributed by atoms with Gasteiger partial charge in [0.05, 0.1) is 5.75 Å². The summed E-state index contributed by atoms with van der Waals surface area (Å²) in [6.45, 7) is 4.59. The number of carbonyl (C=O) groups is 1. The molecular formula is C18H20FNOS. The van der Waals surface area contributed by atoms with Crippen LogP contribution in [0.3, 0.4) is 0 Å². The maximum atomic E-state index is 12.8. The summed E-state index contributed by atoms with van der Waals surface area (Å²) < 4.78 is 12.8. The highest BCUT2D eigenvalue weighted by molar-refractivity contribution is 7.99. The fraction of sp³-hybridized carbons (Fsp3) is 0.278. The monoisotopic (exact) mass is 317 g/mol. The van der Waals surface area contributed by atoms with Gasteiger partial charge in [-0.25, -0.2) is 4.39 Å². The van der Waals surface area contributed by atoms with E-state index in [1.807, 2.05) is 0 Å². The molecule has 0 radical (unpaired) electrons. The van der Waals surface area contributed by atoms with Crippen molar-refractivity contribution in [1.29, 1.82) is 0 Å². The summed E-state index contributed by atoms with van der Waals surface area (Å²) in [7, 11) is 0. The van der Waals surface area contributed by atoms with Crippen LogP contribution in [0.5, 0.6) is 0 Å². The van der Waals surface area contributed by atoms with Crippen LogP contribution in [0, 0.1) is 19.7 Å². The smallest absolute Gasteiger partial charge is 0.230 e.